The molecule has 0 atom stereocenters. The Morgan fingerprint density at radius 2 is 1.47 bits per heavy atom. The van der Waals surface area contributed by atoms with Crippen LogP contribution < -0.4 is 20.1 Å². The summed E-state index contributed by atoms with van der Waals surface area (Å²) in [5, 5.41) is 14.4. The molecule has 0 unspecified atom stereocenters. The number of carbonyl (C=O) groups excluding carboxylic acids is 2. The van der Waals surface area contributed by atoms with Crippen LogP contribution in [0.5, 0.6) is 17.5 Å². The minimum absolute atomic E-state index is 0.000802. The summed E-state index contributed by atoms with van der Waals surface area (Å²) in [6.07, 6.45) is 0.949. The molecule has 0 bridgehead atoms. The van der Waals surface area contributed by atoms with E-state index in [1.165, 1.54) is 24.3 Å². The smallest absolute Gasteiger partial charge is 0.337 e. The first-order valence-electron chi connectivity index (χ1n) is 11.6. The van der Waals surface area contributed by atoms with E-state index in [4.69, 9.17) is 14.6 Å². The normalized spacial score (nSPS) is 10.5. The Kier molecular flexibility index (Phi) is 7.92. The van der Waals surface area contributed by atoms with Crippen molar-refractivity contribution in [2.24, 2.45) is 0 Å². The third-order valence-corrected chi connectivity index (χ3v) is 5.02. The van der Waals surface area contributed by atoms with Crippen molar-refractivity contribution < 1.29 is 29.0 Å². The third-order valence-electron chi connectivity index (χ3n) is 5.02. The summed E-state index contributed by atoms with van der Waals surface area (Å²) >= 11 is 0. The van der Waals surface area contributed by atoms with Crippen molar-refractivity contribution in [1.82, 2.24) is 9.97 Å². The lowest BCUT2D eigenvalue weighted by Gasteiger charge is -2.13. The number of nitrogens with zero attached hydrogens (tertiary/aromatic N) is 2. The molecule has 10 nitrogen and oxygen atoms in total. The number of carboxylic acids is 1. The van der Waals surface area contributed by atoms with Crippen LogP contribution in [0.25, 0.3) is 0 Å². The van der Waals surface area contributed by atoms with Crippen LogP contribution in [0.2, 0.25) is 0 Å². The van der Waals surface area contributed by atoms with E-state index in [9.17, 15) is 14.4 Å². The quantitative estimate of drug-likeness (QED) is 0.276. The minimum Gasteiger partial charge on any atom is -0.478 e. The second-order valence-electron chi connectivity index (χ2n) is 8.34. The predicted octanol–water partition coefficient (Wildman–Crippen LogP) is 5.26. The Bertz CT molecular complexity index is 1440. The lowest BCUT2D eigenvalue weighted by molar-refractivity contribution is 0.0696. The number of hydrogen-bond donors (Lipinski definition) is 3. The zero-order valence-electron chi connectivity index (χ0n) is 20.5. The maximum Gasteiger partial charge on any atom is 0.337 e. The van der Waals surface area contributed by atoms with E-state index in [0.717, 1.165) is 6.20 Å². The van der Waals surface area contributed by atoms with Crippen LogP contribution in [0.1, 0.15) is 44.9 Å². The van der Waals surface area contributed by atoms with Crippen LogP contribution in [0.4, 0.5) is 11.5 Å². The average molecular weight is 513 g/mol. The molecule has 0 saturated carbocycles. The average Bonchev–Trinajstić information content (AvgIpc) is 2.90. The summed E-state index contributed by atoms with van der Waals surface area (Å²) in [7, 11) is 0. The summed E-state index contributed by atoms with van der Waals surface area (Å²) < 4.78 is 11.5. The topological polar surface area (TPSA) is 140 Å². The molecule has 0 aliphatic carbocycles. The number of pyridine rings is 2. The van der Waals surface area contributed by atoms with Crippen molar-refractivity contribution in [2.75, 3.05) is 10.6 Å². The Morgan fingerprint density at radius 1 is 0.789 bits per heavy atom. The minimum atomic E-state index is -1.12. The molecule has 4 aromatic rings. The number of aromatic nitrogens is 2. The van der Waals surface area contributed by atoms with Crippen molar-refractivity contribution in [3.05, 3.63) is 102 Å². The molecule has 3 N–H and O–H groups in total. The number of amides is 2. The Morgan fingerprint density at radius 3 is 2.11 bits per heavy atom. The molecule has 2 aromatic heterocycles. The number of ether oxygens (including phenoxy) is 2. The maximum absolute atomic E-state index is 12.9. The molecule has 38 heavy (non-hydrogen) atoms. The van der Waals surface area contributed by atoms with Gasteiger partial charge < -0.3 is 25.2 Å². The number of nitrogens with one attached hydrogen (secondary N) is 2. The first-order chi connectivity index (χ1) is 18.3. The largest absolute Gasteiger partial charge is 0.478 e. The highest BCUT2D eigenvalue weighted by Gasteiger charge is 2.15. The van der Waals surface area contributed by atoms with Crippen LogP contribution in [-0.4, -0.2) is 39.0 Å². The van der Waals surface area contributed by atoms with Crippen LogP contribution in [-0.2, 0) is 0 Å². The maximum atomic E-state index is 12.9. The summed E-state index contributed by atoms with van der Waals surface area (Å²) in [5.74, 6) is -0.962. The Hall–Kier alpha value is -5.25. The number of rotatable bonds is 9. The molecule has 2 heterocycles. The van der Waals surface area contributed by atoms with E-state index in [0.29, 0.717) is 17.0 Å². The standard InChI is InChI=1S/C28H24N4O6/c1-17(2)37-24-14-20(27(34)31-23-13-8-19(16-29-23)28(35)36)15-25(32-24)38-22-11-9-21(10-12-22)30-26(33)18-6-4-3-5-7-18/h3-17H,1-2H3,(H,30,33)(H,35,36)(H,29,31,34). The molecule has 0 fully saturated rings. The first kappa shape index (κ1) is 25.8. The number of carboxylic acid groups (broad SMARTS) is 1. The first-order valence-corrected chi connectivity index (χ1v) is 11.6. The molecule has 0 radical (unpaired) electrons. The molecule has 2 aromatic carbocycles. The van der Waals surface area contributed by atoms with Gasteiger partial charge in [0.1, 0.15) is 11.6 Å². The number of carbonyl (C=O) groups is 3. The molecule has 0 saturated heterocycles. The molecular formula is C28H24N4O6. The second kappa shape index (κ2) is 11.7. The van der Waals surface area contributed by atoms with E-state index in [-0.39, 0.29) is 40.7 Å². The summed E-state index contributed by atoms with van der Waals surface area (Å²) in [5.41, 5.74) is 1.32. The molecule has 0 spiro atoms. The highest BCUT2D eigenvalue weighted by molar-refractivity contribution is 6.05. The zero-order valence-corrected chi connectivity index (χ0v) is 20.5. The van der Waals surface area contributed by atoms with Crippen LogP contribution in [0.15, 0.2) is 85.1 Å². The van der Waals surface area contributed by atoms with Gasteiger partial charge in [0.25, 0.3) is 11.8 Å². The van der Waals surface area contributed by atoms with E-state index in [1.807, 2.05) is 19.9 Å². The van der Waals surface area contributed by atoms with E-state index < -0.39 is 11.9 Å². The van der Waals surface area contributed by atoms with Gasteiger partial charge in [-0.1, -0.05) is 18.2 Å². The number of benzene rings is 2. The number of anilines is 2. The number of aromatic carboxylic acids is 1. The predicted molar refractivity (Wildman–Crippen MR) is 140 cm³/mol. The summed E-state index contributed by atoms with van der Waals surface area (Å²) in [6.45, 7) is 3.65. The van der Waals surface area contributed by atoms with E-state index in [2.05, 4.69) is 20.6 Å². The van der Waals surface area contributed by atoms with Gasteiger partial charge in [0.05, 0.1) is 17.2 Å². The van der Waals surface area contributed by atoms with Crippen molar-refractivity contribution in [3.8, 4) is 17.5 Å². The molecule has 0 aliphatic rings. The van der Waals surface area contributed by atoms with Gasteiger partial charge in [0.2, 0.25) is 11.8 Å². The van der Waals surface area contributed by atoms with Gasteiger partial charge >= 0.3 is 5.97 Å². The van der Waals surface area contributed by atoms with Crippen molar-refractivity contribution in [3.63, 3.8) is 0 Å². The van der Waals surface area contributed by atoms with Gasteiger partial charge in [-0.05, 0) is 62.4 Å². The summed E-state index contributed by atoms with van der Waals surface area (Å²) in [6, 6.07) is 21.2. The molecule has 192 valence electrons. The van der Waals surface area contributed by atoms with Gasteiger partial charge in [0.15, 0.2) is 0 Å². The lowest BCUT2D eigenvalue weighted by Crippen LogP contribution is -2.15. The van der Waals surface area contributed by atoms with Gasteiger partial charge in [-0.25, -0.2) is 9.78 Å². The highest BCUT2D eigenvalue weighted by Crippen LogP contribution is 2.26. The molecule has 10 heteroatoms. The molecule has 2 amide bonds. The number of hydrogen-bond acceptors (Lipinski definition) is 7. The molecule has 0 aliphatic heterocycles. The monoisotopic (exact) mass is 512 g/mol. The SMILES string of the molecule is CC(C)Oc1cc(C(=O)Nc2ccc(C(=O)O)cn2)cc(Oc2ccc(NC(=O)c3ccccc3)cc2)n1. The fourth-order valence-corrected chi connectivity index (χ4v) is 3.27. The third kappa shape index (κ3) is 6.91. The van der Waals surface area contributed by atoms with Gasteiger partial charge in [-0.3, -0.25) is 9.59 Å². The summed E-state index contributed by atoms with van der Waals surface area (Å²) in [4.78, 5) is 44.5. The molecule has 4 rings (SSSR count). The Balaban J connectivity index is 1.49. The fraction of sp³-hybridized carbons (Fsp3) is 0.107. The highest BCUT2D eigenvalue weighted by atomic mass is 16.5. The van der Waals surface area contributed by atoms with Crippen LogP contribution >= 0.6 is 0 Å². The second-order valence-corrected chi connectivity index (χ2v) is 8.34. The van der Waals surface area contributed by atoms with Crippen molar-refractivity contribution in [1.29, 1.82) is 0 Å². The molecular weight excluding hydrogens is 488 g/mol. The van der Waals surface area contributed by atoms with E-state index >= 15 is 0 Å². The van der Waals surface area contributed by atoms with Gasteiger partial charge in [-0.2, -0.15) is 4.98 Å². The van der Waals surface area contributed by atoms with Gasteiger partial charge in [-0.15, -0.1) is 0 Å². The fourth-order valence-electron chi connectivity index (χ4n) is 3.27. The van der Waals surface area contributed by atoms with Crippen LogP contribution in [0.3, 0.4) is 0 Å². The van der Waals surface area contributed by atoms with E-state index in [1.54, 1.807) is 48.5 Å². The lowest BCUT2D eigenvalue weighted by atomic mass is 10.2. The zero-order chi connectivity index (χ0) is 27.1. The van der Waals surface area contributed by atoms with Crippen LogP contribution in [0, 0.1) is 0 Å². The van der Waals surface area contributed by atoms with Gasteiger partial charge in [0, 0.05) is 29.6 Å². The Labute approximate surface area is 218 Å². The van der Waals surface area contributed by atoms with Crippen molar-refractivity contribution in [2.45, 2.75) is 20.0 Å². The van der Waals surface area contributed by atoms with Crippen molar-refractivity contribution >= 4 is 29.3 Å².